The second-order valence-corrected chi connectivity index (χ2v) is 6.84. The summed E-state index contributed by atoms with van der Waals surface area (Å²) in [6.07, 6.45) is 4.74. The second-order valence-electron chi connectivity index (χ2n) is 5.35. The molecule has 2 rings (SSSR count). The molecule has 2 N–H and O–H groups in total. The van der Waals surface area contributed by atoms with Gasteiger partial charge in [-0.2, -0.15) is 11.8 Å². The van der Waals surface area contributed by atoms with Crippen LogP contribution >= 0.6 is 11.8 Å². The number of thioether (sulfide) groups is 1. The molecule has 4 heteroatoms. The number of nitrogens with zero attached hydrogens (tertiary/aromatic N) is 2. The van der Waals surface area contributed by atoms with E-state index in [1.807, 2.05) is 12.4 Å². The molecule has 1 aromatic rings. The average molecular weight is 279 g/mol. The lowest BCUT2D eigenvalue weighted by Crippen LogP contribution is -2.51. The predicted molar refractivity (Wildman–Crippen MR) is 83.3 cm³/mol. The molecule has 4 atom stereocenters. The Morgan fingerprint density at radius 3 is 2.74 bits per heavy atom. The Hall–Kier alpha value is -0.580. The molecular formula is C15H25N3S. The largest absolute Gasteiger partial charge is 0.326 e. The molecule has 3 nitrogen and oxygen atoms in total. The molecule has 0 amide bonds. The third-order valence-electron chi connectivity index (χ3n) is 4.21. The van der Waals surface area contributed by atoms with Gasteiger partial charge in [0.15, 0.2) is 0 Å². The molecule has 1 fully saturated rings. The van der Waals surface area contributed by atoms with Crippen molar-refractivity contribution in [2.24, 2.45) is 5.73 Å². The van der Waals surface area contributed by atoms with Crippen molar-refractivity contribution in [3.05, 3.63) is 30.1 Å². The van der Waals surface area contributed by atoms with Gasteiger partial charge < -0.3 is 5.73 Å². The summed E-state index contributed by atoms with van der Waals surface area (Å²) in [5, 5.41) is 0.669. The lowest BCUT2D eigenvalue weighted by Gasteiger charge is -2.44. The Morgan fingerprint density at radius 1 is 1.42 bits per heavy atom. The average Bonchev–Trinajstić information content (AvgIpc) is 2.44. The van der Waals surface area contributed by atoms with Crippen molar-refractivity contribution in [2.75, 3.05) is 12.3 Å². The molecule has 4 unspecified atom stereocenters. The highest BCUT2D eigenvalue weighted by Gasteiger charge is 2.34. The highest BCUT2D eigenvalue weighted by atomic mass is 32.2. The summed E-state index contributed by atoms with van der Waals surface area (Å²) in [4.78, 5) is 6.72. The van der Waals surface area contributed by atoms with Crippen LogP contribution in [0.2, 0.25) is 0 Å². The monoisotopic (exact) mass is 279 g/mol. The van der Waals surface area contributed by atoms with Crippen LogP contribution in [-0.2, 0) is 0 Å². The van der Waals surface area contributed by atoms with E-state index in [0.29, 0.717) is 17.3 Å². The minimum atomic E-state index is 0.181. The molecule has 0 saturated carbocycles. The molecule has 1 saturated heterocycles. The number of aromatic nitrogens is 1. The Kier molecular flexibility index (Phi) is 5.25. The zero-order valence-electron chi connectivity index (χ0n) is 12.1. The number of pyridine rings is 1. The van der Waals surface area contributed by atoms with Gasteiger partial charge in [-0.1, -0.05) is 13.8 Å². The number of hydrogen-bond donors (Lipinski definition) is 1. The first-order valence-electron chi connectivity index (χ1n) is 7.18. The smallest absolute Gasteiger partial charge is 0.0503 e. The van der Waals surface area contributed by atoms with E-state index < -0.39 is 0 Å². The Morgan fingerprint density at radius 2 is 2.11 bits per heavy atom. The van der Waals surface area contributed by atoms with Crippen LogP contribution in [0.5, 0.6) is 0 Å². The van der Waals surface area contributed by atoms with Gasteiger partial charge in [-0.05, 0) is 31.0 Å². The van der Waals surface area contributed by atoms with Crippen molar-refractivity contribution in [1.29, 1.82) is 0 Å². The van der Waals surface area contributed by atoms with Crippen molar-refractivity contribution in [2.45, 2.75) is 50.6 Å². The maximum absolute atomic E-state index is 6.42. The van der Waals surface area contributed by atoms with Crippen LogP contribution in [0.4, 0.5) is 0 Å². The minimum Gasteiger partial charge on any atom is -0.326 e. The van der Waals surface area contributed by atoms with E-state index in [-0.39, 0.29) is 6.04 Å². The Balaban J connectivity index is 2.27. The molecule has 0 bridgehead atoms. The van der Waals surface area contributed by atoms with Crippen molar-refractivity contribution in [3.63, 3.8) is 0 Å². The standard InChI is InChI=1S/C15H25N3S/c1-4-14(16)15(13-5-7-17-8-6-13)18-9-10-19-12(3)11(18)2/h5-8,11-12,14-15H,4,9-10,16H2,1-3H3. The first kappa shape index (κ1) is 14.8. The Labute approximate surface area is 121 Å². The zero-order chi connectivity index (χ0) is 13.8. The van der Waals surface area contributed by atoms with Crippen LogP contribution < -0.4 is 5.73 Å². The first-order chi connectivity index (χ1) is 9.15. The summed E-state index contributed by atoms with van der Waals surface area (Å²) in [6.45, 7) is 7.94. The van der Waals surface area contributed by atoms with Crippen LogP contribution in [0.25, 0.3) is 0 Å². The third-order valence-corrected chi connectivity index (χ3v) is 5.55. The van der Waals surface area contributed by atoms with Crippen LogP contribution in [0.15, 0.2) is 24.5 Å². The molecule has 0 aromatic carbocycles. The van der Waals surface area contributed by atoms with Crippen LogP contribution in [0, 0.1) is 0 Å². The molecule has 0 aliphatic carbocycles. The van der Waals surface area contributed by atoms with Gasteiger partial charge in [0.2, 0.25) is 0 Å². The summed E-state index contributed by atoms with van der Waals surface area (Å²) >= 11 is 2.07. The molecule has 19 heavy (non-hydrogen) atoms. The van der Waals surface area contributed by atoms with Gasteiger partial charge in [0.1, 0.15) is 0 Å². The lowest BCUT2D eigenvalue weighted by atomic mass is 9.95. The Bertz CT molecular complexity index is 384. The summed E-state index contributed by atoms with van der Waals surface area (Å²) in [5.74, 6) is 1.20. The highest BCUT2D eigenvalue weighted by Crippen LogP contribution is 2.33. The van der Waals surface area contributed by atoms with Crippen LogP contribution in [0.1, 0.15) is 38.8 Å². The molecule has 1 aromatic heterocycles. The van der Waals surface area contributed by atoms with Gasteiger partial charge >= 0.3 is 0 Å². The molecule has 106 valence electrons. The maximum Gasteiger partial charge on any atom is 0.0503 e. The molecule has 2 heterocycles. The van der Waals surface area contributed by atoms with Crippen LogP contribution in [-0.4, -0.2) is 39.5 Å². The summed E-state index contributed by atoms with van der Waals surface area (Å²) in [7, 11) is 0. The van der Waals surface area contributed by atoms with Gasteiger partial charge in [-0.25, -0.2) is 0 Å². The number of nitrogens with two attached hydrogens (primary N) is 1. The van der Waals surface area contributed by atoms with Crippen molar-refractivity contribution in [1.82, 2.24) is 9.88 Å². The van der Waals surface area contributed by atoms with E-state index in [1.54, 1.807) is 0 Å². The number of hydrogen-bond acceptors (Lipinski definition) is 4. The van der Waals surface area contributed by atoms with E-state index in [4.69, 9.17) is 5.73 Å². The molecule has 1 aliphatic rings. The van der Waals surface area contributed by atoms with Gasteiger partial charge in [0, 0.05) is 42.0 Å². The quantitative estimate of drug-likeness (QED) is 0.920. The van der Waals surface area contributed by atoms with Gasteiger partial charge in [-0.15, -0.1) is 0 Å². The van der Waals surface area contributed by atoms with Gasteiger partial charge in [0.05, 0.1) is 6.04 Å². The maximum atomic E-state index is 6.42. The van der Waals surface area contributed by atoms with Crippen molar-refractivity contribution < 1.29 is 0 Å². The lowest BCUT2D eigenvalue weighted by molar-refractivity contribution is 0.124. The first-order valence-corrected chi connectivity index (χ1v) is 8.22. The minimum absolute atomic E-state index is 0.181. The summed E-state index contributed by atoms with van der Waals surface area (Å²) < 4.78 is 0. The predicted octanol–water partition coefficient (Wildman–Crippen LogP) is 2.69. The summed E-state index contributed by atoms with van der Waals surface area (Å²) in [5.41, 5.74) is 7.72. The molecule has 0 spiro atoms. The fraction of sp³-hybridized carbons (Fsp3) is 0.667. The SMILES string of the molecule is CCC(N)C(c1ccncc1)N1CCSC(C)C1C. The molecule has 1 aliphatic heterocycles. The van der Waals surface area contributed by atoms with E-state index >= 15 is 0 Å². The fourth-order valence-corrected chi connectivity index (χ4v) is 3.94. The van der Waals surface area contributed by atoms with Gasteiger partial charge in [-0.3, -0.25) is 9.88 Å². The van der Waals surface area contributed by atoms with E-state index in [9.17, 15) is 0 Å². The van der Waals surface area contributed by atoms with Crippen molar-refractivity contribution >= 4 is 11.8 Å². The van der Waals surface area contributed by atoms with Gasteiger partial charge in [0.25, 0.3) is 0 Å². The normalized spacial score (nSPS) is 28.0. The topological polar surface area (TPSA) is 42.1 Å². The van der Waals surface area contributed by atoms with Crippen LogP contribution in [0.3, 0.4) is 0 Å². The van der Waals surface area contributed by atoms with E-state index in [1.165, 1.54) is 11.3 Å². The van der Waals surface area contributed by atoms with E-state index in [2.05, 4.69) is 54.5 Å². The zero-order valence-corrected chi connectivity index (χ0v) is 12.9. The second kappa shape index (κ2) is 6.73. The fourth-order valence-electron chi connectivity index (χ4n) is 2.82. The molecule has 0 radical (unpaired) electrons. The number of rotatable bonds is 4. The highest BCUT2D eigenvalue weighted by molar-refractivity contribution is 8.00. The van der Waals surface area contributed by atoms with Crippen molar-refractivity contribution in [3.8, 4) is 0 Å². The summed E-state index contributed by atoms with van der Waals surface area (Å²) in [6, 6.07) is 5.28. The molecular weight excluding hydrogens is 254 g/mol. The van der Waals surface area contributed by atoms with E-state index in [0.717, 1.165) is 13.0 Å². The third kappa shape index (κ3) is 3.30.